The van der Waals surface area contributed by atoms with E-state index in [1.807, 2.05) is 82.3 Å². The predicted octanol–water partition coefficient (Wildman–Crippen LogP) is 6.43. The van der Waals surface area contributed by atoms with Crippen molar-refractivity contribution in [2.45, 2.75) is 39.7 Å². The monoisotopic (exact) mass is 467 g/mol. The van der Waals surface area contributed by atoms with Crippen molar-refractivity contribution in [2.75, 3.05) is 5.32 Å². The first-order valence-electron chi connectivity index (χ1n) is 11.5. The van der Waals surface area contributed by atoms with Crippen molar-refractivity contribution in [3.8, 4) is 11.3 Å². The van der Waals surface area contributed by atoms with Gasteiger partial charge in [0.2, 0.25) is 0 Å². The van der Waals surface area contributed by atoms with Crippen molar-refractivity contribution < 1.29 is 13.9 Å². The van der Waals surface area contributed by atoms with Crippen molar-refractivity contribution in [3.05, 3.63) is 107 Å². The van der Waals surface area contributed by atoms with Gasteiger partial charge in [0.05, 0.1) is 23.8 Å². The smallest absolute Gasteiger partial charge is 0.355 e. The predicted molar refractivity (Wildman–Crippen MR) is 138 cm³/mol. The molecule has 0 aliphatic carbocycles. The summed E-state index contributed by atoms with van der Waals surface area (Å²) in [5.74, 6) is 0.490. The number of furan rings is 1. The largest absolute Gasteiger partial charge is 0.465 e. The molecule has 0 amide bonds. The Kier molecular flexibility index (Phi) is 7.11. The number of esters is 1. The average Bonchev–Trinajstić information content (AvgIpc) is 3.33. The molecule has 0 spiro atoms. The highest BCUT2D eigenvalue weighted by Crippen LogP contribution is 2.24. The Hall–Kier alpha value is -4.19. The lowest BCUT2D eigenvalue weighted by Crippen LogP contribution is -2.27. The molecule has 0 saturated heterocycles. The van der Waals surface area contributed by atoms with Gasteiger partial charge in [-0.15, -0.1) is 0 Å². The van der Waals surface area contributed by atoms with Gasteiger partial charge in [-0.1, -0.05) is 60.2 Å². The molecule has 2 aromatic heterocycles. The van der Waals surface area contributed by atoms with Crippen LogP contribution in [0, 0.1) is 6.92 Å². The zero-order valence-corrected chi connectivity index (χ0v) is 20.4. The highest BCUT2D eigenvalue weighted by molar-refractivity contribution is 5.96. The van der Waals surface area contributed by atoms with E-state index in [0.717, 1.165) is 16.8 Å². The Morgan fingerprint density at radius 3 is 2.43 bits per heavy atom. The van der Waals surface area contributed by atoms with Crippen molar-refractivity contribution in [1.82, 2.24) is 9.97 Å². The van der Waals surface area contributed by atoms with Gasteiger partial charge in [-0.25, -0.2) is 14.8 Å². The number of aryl methyl sites for hydroxylation is 1. The number of rotatable bonds is 7. The van der Waals surface area contributed by atoms with Crippen molar-refractivity contribution in [1.29, 1.82) is 0 Å². The molecule has 6 nitrogen and oxygen atoms in total. The third-order valence-electron chi connectivity index (χ3n) is 5.11. The molecular weight excluding hydrogens is 438 g/mol. The fourth-order valence-electron chi connectivity index (χ4n) is 3.43. The van der Waals surface area contributed by atoms with Gasteiger partial charge in [0.15, 0.2) is 5.82 Å². The van der Waals surface area contributed by atoms with Crippen LogP contribution in [0.4, 0.5) is 5.82 Å². The van der Waals surface area contributed by atoms with Crippen LogP contribution in [0.3, 0.4) is 0 Å². The molecule has 6 heteroatoms. The van der Waals surface area contributed by atoms with E-state index < -0.39 is 11.6 Å². The van der Waals surface area contributed by atoms with Crippen molar-refractivity contribution in [2.24, 2.45) is 0 Å². The molecule has 1 N–H and O–H groups in total. The number of carbonyl (C=O) groups excluding carboxylic acids is 1. The number of anilines is 1. The van der Waals surface area contributed by atoms with Gasteiger partial charge in [-0.05, 0) is 45.4 Å². The fourth-order valence-corrected chi connectivity index (χ4v) is 3.43. The zero-order valence-electron chi connectivity index (χ0n) is 20.4. The molecule has 178 valence electrons. The summed E-state index contributed by atoms with van der Waals surface area (Å²) < 4.78 is 11.1. The molecule has 0 aliphatic rings. The van der Waals surface area contributed by atoms with E-state index in [9.17, 15) is 4.79 Å². The zero-order chi connectivity index (χ0) is 24.8. The van der Waals surface area contributed by atoms with Crippen LogP contribution in [0.1, 0.15) is 43.4 Å². The molecule has 0 saturated carbocycles. The minimum atomic E-state index is -0.658. The van der Waals surface area contributed by atoms with Gasteiger partial charge in [0, 0.05) is 18.1 Å². The van der Waals surface area contributed by atoms with E-state index >= 15 is 0 Å². The molecule has 0 bridgehead atoms. The fraction of sp³-hybridized carbons (Fsp3) is 0.207. The van der Waals surface area contributed by atoms with E-state index in [1.165, 1.54) is 5.56 Å². The Balaban J connectivity index is 1.73. The first-order valence-corrected chi connectivity index (χ1v) is 11.5. The van der Waals surface area contributed by atoms with Gasteiger partial charge in [0.25, 0.3) is 0 Å². The van der Waals surface area contributed by atoms with Crippen LogP contribution in [-0.2, 0) is 16.0 Å². The van der Waals surface area contributed by atoms with Crippen LogP contribution in [0.5, 0.6) is 0 Å². The second kappa shape index (κ2) is 10.4. The topological polar surface area (TPSA) is 77.2 Å². The second-order valence-corrected chi connectivity index (χ2v) is 9.28. The maximum Gasteiger partial charge on any atom is 0.355 e. The summed E-state index contributed by atoms with van der Waals surface area (Å²) in [4.78, 5) is 22.6. The van der Waals surface area contributed by atoms with Crippen LogP contribution >= 0.6 is 0 Å². The van der Waals surface area contributed by atoms with E-state index in [2.05, 4.69) is 10.3 Å². The summed E-state index contributed by atoms with van der Waals surface area (Å²) in [6, 6.07) is 21.7. The lowest BCUT2D eigenvalue weighted by atomic mass is 10.1. The quantitative estimate of drug-likeness (QED) is 0.249. The lowest BCUT2D eigenvalue weighted by Gasteiger charge is -2.21. The van der Waals surface area contributed by atoms with Crippen molar-refractivity contribution >= 4 is 17.9 Å². The second-order valence-electron chi connectivity index (χ2n) is 9.28. The number of carbonyl (C=O) groups is 1. The minimum Gasteiger partial charge on any atom is -0.465 e. The van der Waals surface area contributed by atoms with Crippen LogP contribution in [-0.4, -0.2) is 21.5 Å². The molecule has 2 aromatic carbocycles. The number of benzene rings is 2. The van der Waals surface area contributed by atoms with Gasteiger partial charge >= 0.3 is 5.97 Å². The number of aromatic nitrogens is 2. The Bertz CT molecular complexity index is 1300. The number of hydrogen-bond acceptors (Lipinski definition) is 6. The maximum atomic E-state index is 13.0. The van der Waals surface area contributed by atoms with E-state index in [4.69, 9.17) is 14.1 Å². The van der Waals surface area contributed by atoms with Gasteiger partial charge in [-0.3, -0.25) is 0 Å². The first kappa shape index (κ1) is 24.0. The maximum absolute atomic E-state index is 13.0. The lowest BCUT2D eigenvalue weighted by molar-refractivity contribution is -0.149. The molecule has 0 atom stereocenters. The van der Waals surface area contributed by atoms with E-state index in [0.29, 0.717) is 23.7 Å². The summed E-state index contributed by atoms with van der Waals surface area (Å²) in [7, 11) is 0. The number of hydrogen-bond donors (Lipinski definition) is 1. The van der Waals surface area contributed by atoms with Gasteiger partial charge < -0.3 is 14.5 Å². The summed E-state index contributed by atoms with van der Waals surface area (Å²) in [5, 5.41) is 3.17. The summed E-state index contributed by atoms with van der Waals surface area (Å²) >= 11 is 0. The molecule has 0 fully saturated rings. The molecule has 2 heterocycles. The molecule has 4 aromatic rings. The summed E-state index contributed by atoms with van der Waals surface area (Å²) in [6.45, 7) is 7.53. The Morgan fingerprint density at radius 2 is 1.77 bits per heavy atom. The molecule has 0 aliphatic heterocycles. The first-order chi connectivity index (χ1) is 16.8. The van der Waals surface area contributed by atoms with E-state index in [1.54, 1.807) is 30.7 Å². The standard InChI is InChI=1S/C29H29N3O3/c1-20-12-14-22(15-13-20)26-19-30-27(24(31-26)17-21-9-6-5-7-10-21)32-25(18-23-11-8-16-34-23)28(33)35-29(2,3)4/h5-16,18-19H,17H2,1-4H3,(H,30,32). The van der Waals surface area contributed by atoms with Crippen LogP contribution in [0.15, 0.2) is 89.3 Å². The normalized spacial score (nSPS) is 11.8. The number of nitrogens with one attached hydrogen (secondary N) is 1. The number of nitrogens with zero attached hydrogens (tertiary/aromatic N) is 2. The minimum absolute atomic E-state index is 0.210. The molecule has 0 radical (unpaired) electrons. The van der Waals surface area contributed by atoms with Gasteiger partial charge in [0.1, 0.15) is 17.1 Å². The SMILES string of the molecule is Cc1ccc(-c2cnc(NC(=Cc3ccco3)C(=O)OC(C)(C)C)c(Cc3ccccc3)n2)cc1. The highest BCUT2D eigenvalue weighted by atomic mass is 16.6. The summed E-state index contributed by atoms with van der Waals surface area (Å²) in [6.07, 6.45) is 5.41. The Labute approximate surface area is 205 Å². The molecule has 0 unspecified atom stereocenters. The van der Waals surface area contributed by atoms with E-state index in [-0.39, 0.29) is 5.70 Å². The summed E-state index contributed by atoms with van der Waals surface area (Å²) in [5.41, 5.74) is 4.26. The third kappa shape index (κ3) is 6.67. The van der Waals surface area contributed by atoms with Crippen LogP contribution < -0.4 is 5.32 Å². The third-order valence-corrected chi connectivity index (χ3v) is 5.11. The average molecular weight is 468 g/mol. The van der Waals surface area contributed by atoms with Crippen LogP contribution in [0.25, 0.3) is 17.3 Å². The van der Waals surface area contributed by atoms with Crippen molar-refractivity contribution in [3.63, 3.8) is 0 Å². The molecular formula is C29H29N3O3. The van der Waals surface area contributed by atoms with Crippen LogP contribution in [0.2, 0.25) is 0 Å². The van der Waals surface area contributed by atoms with Gasteiger partial charge in [-0.2, -0.15) is 0 Å². The molecule has 35 heavy (non-hydrogen) atoms. The Morgan fingerprint density at radius 1 is 1.03 bits per heavy atom. The highest BCUT2D eigenvalue weighted by Gasteiger charge is 2.22. The molecule has 4 rings (SSSR count). The number of ether oxygens (including phenoxy) is 1.